The van der Waals surface area contributed by atoms with Gasteiger partial charge in [-0.1, -0.05) is 48.0 Å². The second-order valence-electron chi connectivity index (χ2n) is 4.55. The highest BCUT2D eigenvalue weighted by molar-refractivity contribution is 7.80. The molecule has 2 aromatic rings. The maximum Gasteiger partial charge on any atom is 0.191 e. The van der Waals surface area contributed by atoms with Crippen LogP contribution in [0.3, 0.4) is 0 Å². The number of nitrogens with zero attached hydrogens (tertiary/aromatic N) is 1. The molecule has 0 spiro atoms. The van der Waals surface area contributed by atoms with Crippen LogP contribution in [-0.2, 0) is 0 Å². The monoisotopic (exact) mass is 283 g/mol. The molecule has 0 radical (unpaired) electrons. The fourth-order valence-electron chi connectivity index (χ4n) is 1.81. The molecule has 0 aliphatic rings. The van der Waals surface area contributed by atoms with Gasteiger partial charge in [0.05, 0.1) is 6.21 Å². The summed E-state index contributed by atoms with van der Waals surface area (Å²) in [6, 6.07) is 16.0. The maximum atomic E-state index is 5.21. The molecule has 0 bridgehead atoms. The molecule has 0 atom stereocenters. The Morgan fingerprint density at radius 2 is 1.85 bits per heavy atom. The van der Waals surface area contributed by atoms with E-state index in [9.17, 15) is 0 Å². The number of benzene rings is 2. The van der Waals surface area contributed by atoms with E-state index in [2.05, 4.69) is 28.8 Å². The minimum Gasteiger partial charge on any atom is -0.331 e. The summed E-state index contributed by atoms with van der Waals surface area (Å²) in [5.41, 5.74) is 7.21. The predicted octanol–water partition coefficient (Wildman–Crippen LogP) is 3.62. The summed E-state index contributed by atoms with van der Waals surface area (Å²) in [6.45, 7) is 4.11. The Morgan fingerprint density at radius 1 is 1.10 bits per heavy atom. The molecule has 0 saturated heterocycles. The number of hydrogen-bond donors (Lipinski definition) is 2. The molecule has 102 valence electrons. The summed E-state index contributed by atoms with van der Waals surface area (Å²) >= 11 is 5.21. The second kappa shape index (κ2) is 6.82. The molecule has 2 rings (SSSR count). The molecule has 3 nitrogen and oxygen atoms in total. The summed E-state index contributed by atoms with van der Waals surface area (Å²) in [5, 5.41) is 7.71. The van der Waals surface area contributed by atoms with Gasteiger partial charge in [0.25, 0.3) is 0 Å². The second-order valence-corrected chi connectivity index (χ2v) is 4.96. The Balaban J connectivity index is 1.91. The van der Waals surface area contributed by atoms with Crippen molar-refractivity contribution in [3.8, 4) is 0 Å². The number of nitrogens with one attached hydrogen (secondary N) is 2. The summed E-state index contributed by atoms with van der Waals surface area (Å²) in [7, 11) is 0. The van der Waals surface area contributed by atoms with Gasteiger partial charge in [-0.25, -0.2) is 0 Å². The zero-order valence-electron chi connectivity index (χ0n) is 11.6. The predicted molar refractivity (Wildman–Crippen MR) is 89.3 cm³/mol. The minimum absolute atomic E-state index is 0.476. The molecule has 20 heavy (non-hydrogen) atoms. The molecule has 0 aliphatic carbocycles. The van der Waals surface area contributed by atoms with Gasteiger partial charge in [-0.15, -0.1) is 0 Å². The normalized spacial score (nSPS) is 10.5. The third-order valence-corrected chi connectivity index (χ3v) is 3.00. The van der Waals surface area contributed by atoms with Crippen LogP contribution < -0.4 is 10.7 Å². The van der Waals surface area contributed by atoms with Crippen LogP contribution in [0.25, 0.3) is 0 Å². The van der Waals surface area contributed by atoms with Crippen molar-refractivity contribution >= 4 is 29.2 Å². The quantitative estimate of drug-likeness (QED) is 0.513. The fraction of sp³-hybridized carbons (Fsp3) is 0.125. The Labute approximate surface area is 124 Å². The highest BCUT2D eigenvalue weighted by atomic mass is 32.1. The van der Waals surface area contributed by atoms with Gasteiger partial charge < -0.3 is 5.32 Å². The first-order valence-corrected chi connectivity index (χ1v) is 6.78. The molecule has 2 N–H and O–H groups in total. The topological polar surface area (TPSA) is 36.4 Å². The van der Waals surface area contributed by atoms with Crippen LogP contribution in [0.4, 0.5) is 5.69 Å². The fourth-order valence-corrected chi connectivity index (χ4v) is 1.97. The molecular weight excluding hydrogens is 266 g/mol. The van der Waals surface area contributed by atoms with Crippen molar-refractivity contribution in [1.29, 1.82) is 0 Å². The van der Waals surface area contributed by atoms with Crippen LogP contribution in [0.5, 0.6) is 0 Å². The van der Waals surface area contributed by atoms with Crippen LogP contribution in [0.15, 0.2) is 53.6 Å². The molecule has 0 aromatic heterocycles. The van der Waals surface area contributed by atoms with Gasteiger partial charge in [0.15, 0.2) is 5.11 Å². The number of rotatable bonds is 3. The van der Waals surface area contributed by atoms with Crippen LogP contribution in [0.1, 0.15) is 16.7 Å². The SMILES string of the molecule is Cc1ccc(NC(=S)N/N=C\c2ccccc2)c(C)c1. The van der Waals surface area contributed by atoms with Gasteiger partial charge in [-0.3, -0.25) is 5.43 Å². The van der Waals surface area contributed by atoms with Crippen LogP contribution in [0.2, 0.25) is 0 Å². The minimum atomic E-state index is 0.476. The van der Waals surface area contributed by atoms with Crippen molar-refractivity contribution in [2.24, 2.45) is 5.10 Å². The van der Waals surface area contributed by atoms with Crippen LogP contribution in [0, 0.1) is 13.8 Å². The lowest BCUT2D eigenvalue weighted by Crippen LogP contribution is -2.24. The highest BCUT2D eigenvalue weighted by Crippen LogP contribution is 2.15. The molecule has 0 heterocycles. The first kappa shape index (κ1) is 14.2. The zero-order valence-corrected chi connectivity index (χ0v) is 12.4. The van der Waals surface area contributed by atoms with E-state index >= 15 is 0 Å². The van der Waals surface area contributed by atoms with Gasteiger partial charge in [-0.05, 0) is 43.3 Å². The Morgan fingerprint density at radius 3 is 2.55 bits per heavy atom. The number of aryl methyl sites for hydroxylation is 2. The van der Waals surface area contributed by atoms with E-state index in [0.717, 1.165) is 16.8 Å². The van der Waals surface area contributed by atoms with Crippen LogP contribution in [-0.4, -0.2) is 11.3 Å². The molecule has 2 aromatic carbocycles. The molecule has 0 amide bonds. The highest BCUT2D eigenvalue weighted by Gasteiger charge is 2.00. The number of anilines is 1. The Kier molecular flexibility index (Phi) is 4.85. The summed E-state index contributed by atoms with van der Waals surface area (Å²) in [6.07, 6.45) is 1.73. The molecular formula is C16H17N3S. The van der Waals surface area contributed by atoms with E-state index in [1.807, 2.05) is 49.4 Å². The summed E-state index contributed by atoms with van der Waals surface area (Å²) in [4.78, 5) is 0. The third kappa shape index (κ3) is 4.17. The average molecular weight is 283 g/mol. The van der Waals surface area contributed by atoms with E-state index in [1.165, 1.54) is 5.56 Å². The summed E-state index contributed by atoms with van der Waals surface area (Å²) in [5.74, 6) is 0. The van der Waals surface area contributed by atoms with Gasteiger partial charge in [0.2, 0.25) is 0 Å². The van der Waals surface area contributed by atoms with Gasteiger partial charge in [0.1, 0.15) is 0 Å². The van der Waals surface area contributed by atoms with E-state index in [0.29, 0.717) is 5.11 Å². The third-order valence-electron chi connectivity index (χ3n) is 2.81. The molecule has 0 aliphatic heterocycles. The maximum absolute atomic E-state index is 5.21. The van der Waals surface area contributed by atoms with Crippen molar-refractivity contribution in [1.82, 2.24) is 5.43 Å². The van der Waals surface area contributed by atoms with Crippen molar-refractivity contribution in [2.45, 2.75) is 13.8 Å². The average Bonchev–Trinajstić information content (AvgIpc) is 2.43. The van der Waals surface area contributed by atoms with E-state index < -0.39 is 0 Å². The smallest absolute Gasteiger partial charge is 0.191 e. The zero-order chi connectivity index (χ0) is 14.4. The first-order valence-electron chi connectivity index (χ1n) is 6.37. The largest absolute Gasteiger partial charge is 0.331 e. The van der Waals surface area contributed by atoms with E-state index in [-0.39, 0.29) is 0 Å². The molecule has 0 unspecified atom stereocenters. The molecule has 4 heteroatoms. The van der Waals surface area contributed by atoms with Gasteiger partial charge >= 0.3 is 0 Å². The van der Waals surface area contributed by atoms with Gasteiger partial charge in [-0.2, -0.15) is 5.10 Å². The number of thiocarbonyl (C=S) groups is 1. The first-order chi connectivity index (χ1) is 9.65. The Hall–Kier alpha value is -2.20. The molecule has 0 fully saturated rings. The number of hydrogen-bond acceptors (Lipinski definition) is 2. The number of hydrazone groups is 1. The van der Waals surface area contributed by atoms with Crippen molar-refractivity contribution in [3.63, 3.8) is 0 Å². The van der Waals surface area contributed by atoms with E-state index in [1.54, 1.807) is 6.21 Å². The summed E-state index contributed by atoms with van der Waals surface area (Å²) < 4.78 is 0. The lowest BCUT2D eigenvalue weighted by Gasteiger charge is -2.10. The van der Waals surface area contributed by atoms with Crippen molar-refractivity contribution < 1.29 is 0 Å². The van der Waals surface area contributed by atoms with Crippen molar-refractivity contribution in [2.75, 3.05) is 5.32 Å². The molecule has 0 saturated carbocycles. The van der Waals surface area contributed by atoms with E-state index in [4.69, 9.17) is 12.2 Å². The van der Waals surface area contributed by atoms with Crippen molar-refractivity contribution in [3.05, 3.63) is 65.2 Å². The lowest BCUT2D eigenvalue weighted by atomic mass is 10.1. The van der Waals surface area contributed by atoms with Gasteiger partial charge in [0, 0.05) is 5.69 Å². The standard InChI is InChI=1S/C16H17N3S/c1-12-8-9-15(13(2)10-12)18-16(20)19-17-11-14-6-4-3-5-7-14/h3-11H,1-2H3,(H2,18,19,20)/b17-11-. The lowest BCUT2D eigenvalue weighted by molar-refractivity contribution is 1.05. The Bertz CT molecular complexity index is 621. The van der Waals surface area contributed by atoms with Crippen LogP contribution >= 0.6 is 12.2 Å².